The number of benzene rings is 2. The summed E-state index contributed by atoms with van der Waals surface area (Å²) in [6, 6.07) is 14.4. The molecule has 0 bridgehead atoms. The third-order valence-electron chi connectivity index (χ3n) is 4.42. The Hall–Kier alpha value is -2.82. The van der Waals surface area contributed by atoms with Gasteiger partial charge in [-0.15, -0.1) is 0 Å². The molecule has 0 spiro atoms. The van der Waals surface area contributed by atoms with E-state index in [9.17, 15) is 9.59 Å². The fourth-order valence-corrected chi connectivity index (χ4v) is 3.25. The van der Waals surface area contributed by atoms with Gasteiger partial charge in [-0.25, -0.2) is 4.79 Å². The Morgan fingerprint density at radius 1 is 1.13 bits per heavy atom. The number of fused-ring (bicyclic) bond motifs is 2. The van der Waals surface area contributed by atoms with Crippen LogP contribution in [0.5, 0.6) is 0 Å². The summed E-state index contributed by atoms with van der Waals surface area (Å²) in [6.45, 7) is 2.39. The van der Waals surface area contributed by atoms with Gasteiger partial charge >= 0.3 is 5.76 Å². The average Bonchev–Trinajstić information content (AvgIpc) is 3.13. The lowest BCUT2D eigenvalue weighted by Gasteiger charge is -2.22. The molecule has 0 N–H and O–H groups in total. The van der Waals surface area contributed by atoms with Gasteiger partial charge in [0.1, 0.15) is 6.04 Å². The van der Waals surface area contributed by atoms with Gasteiger partial charge in [-0.3, -0.25) is 9.36 Å². The number of hydrogen-bond acceptors (Lipinski definition) is 3. The molecule has 116 valence electrons. The van der Waals surface area contributed by atoms with Crippen molar-refractivity contribution in [3.63, 3.8) is 0 Å². The first-order valence-electron chi connectivity index (χ1n) is 7.66. The Kier molecular flexibility index (Phi) is 3.08. The molecule has 3 aromatic rings. The van der Waals surface area contributed by atoms with Crippen LogP contribution in [0, 0.1) is 0 Å². The predicted octanol–water partition coefficient (Wildman–Crippen LogP) is 2.74. The van der Waals surface area contributed by atoms with Crippen molar-refractivity contribution < 1.29 is 9.21 Å². The standard InChI is InChI=1S/C18H16N2O3/c1-12(20-15-8-4-5-9-16(15)23-18(20)22)17(21)19-11-10-13-6-2-3-7-14(13)19/h2-9,12H,10-11H2,1H3/t12-/m1/s1. The zero-order valence-corrected chi connectivity index (χ0v) is 12.7. The van der Waals surface area contributed by atoms with Crippen molar-refractivity contribution in [2.75, 3.05) is 11.4 Å². The van der Waals surface area contributed by atoms with Gasteiger partial charge in [0, 0.05) is 12.2 Å². The van der Waals surface area contributed by atoms with Crippen molar-refractivity contribution in [1.82, 2.24) is 4.57 Å². The van der Waals surface area contributed by atoms with Crippen molar-refractivity contribution in [2.24, 2.45) is 0 Å². The van der Waals surface area contributed by atoms with Gasteiger partial charge in [0.2, 0.25) is 5.91 Å². The highest BCUT2D eigenvalue weighted by atomic mass is 16.4. The molecule has 4 rings (SSSR count). The van der Waals surface area contributed by atoms with E-state index in [0.717, 1.165) is 17.7 Å². The van der Waals surface area contributed by atoms with Gasteiger partial charge in [-0.2, -0.15) is 0 Å². The van der Waals surface area contributed by atoms with Crippen molar-refractivity contribution in [3.05, 3.63) is 64.6 Å². The molecular weight excluding hydrogens is 292 g/mol. The molecule has 0 aliphatic carbocycles. The lowest BCUT2D eigenvalue weighted by molar-refractivity contribution is -0.121. The van der Waals surface area contributed by atoms with Crippen molar-refractivity contribution >= 4 is 22.7 Å². The first-order chi connectivity index (χ1) is 11.2. The summed E-state index contributed by atoms with van der Waals surface area (Å²) in [5.41, 5.74) is 3.24. The number of carbonyl (C=O) groups excluding carboxylic acids is 1. The number of anilines is 1. The second kappa shape index (κ2) is 5.12. The van der Waals surface area contributed by atoms with Gasteiger partial charge < -0.3 is 9.32 Å². The maximum Gasteiger partial charge on any atom is 0.420 e. The molecule has 1 aliphatic rings. The Morgan fingerprint density at radius 3 is 2.74 bits per heavy atom. The number of nitrogens with zero attached hydrogens (tertiary/aromatic N) is 2. The summed E-state index contributed by atoms with van der Waals surface area (Å²) in [7, 11) is 0. The highest BCUT2D eigenvalue weighted by Gasteiger charge is 2.30. The van der Waals surface area contributed by atoms with Crippen molar-refractivity contribution in [2.45, 2.75) is 19.4 Å². The number of rotatable bonds is 2. The van der Waals surface area contributed by atoms with Crippen molar-refractivity contribution in [1.29, 1.82) is 0 Å². The SMILES string of the molecule is C[C@H](C(=O)N1CCc2ccccc21)n1c(=O)oc2ccccc21. The molecule has 2 aromatic carbocycles. The first kappa shape index (κ1) is 13.8. The summed E-state index contributed by atoms with van der Waals surface area (Å²) in [4.78, 5) is 26.9. The molecule has 0 saturated carbocycles. The zero-order valence-electron chi connectivity index (χ0n) is 12.7. The van der Waals surface area contributed by atoms with E-state index in [1.165, 1.54) is 4.57 Å². The molecule has 0 saturated heterocycles. The van der Waals surface area contributed by atoms with Crippen LogP contribution < -0.4 is 10.7 Å². The van der Waals surface area contributed by atoms with E-state index in [0.29, 0.717) is 17.6 Å². The van der Waals surface area contributed by atoms with E-state index in [2.05, 4.69) is 0 Å². The van der Waals surface area contributed by atoms with Crippen LogP contribution in [0.25, 0.3) is 11.1 Å². The number of carbonyl (C=O) groups is 1. The third kappa shape index (κ3) is 2.08. The van der Waals surface area contributed by atoms with Crippen LogP contribution in [-0.2, 0) is 11.2 Å². The van der Waals surface area contributed by atoms with Crippen LogP contribution in [0.4, 0.5) is 5.69 Å². The summed E-state index contributed by atoms with van der Waals surface area (Å²) in [6.07, 6.45) is 0.843. The second-order valence-corrected chi connectivity index (χ2v) is 5.75. The summed E-state index contributed by atoms with van der Waals surface area (Å²) >= 11 is 0. The minimum absolute atomic E-state index is 0.0939. The van der Waals surface area contributed by atoms with Crippen LogP contribution in [0.3, 0.4) is 0 Å². The Morgan fingerprint density at radius 2 is 1.87 bits per heavy atom. The van der Waals surface area contributed by atoms with Crippen LogP contribution in [-0.4, -0.2) is 17.0 Å². The largest absolute Gasteiger partial charge is 0.420 e. The molecule has 0 radical (unpaired) electrons. The van der Waals surface area contributed by atoms with Crippen molar-refractivity contribution in [3.8, 4) is 0 Å². The highest BCUT2D eigenvalue weighted by Crippen LogP contribution is 2.30. The quantitative estimate of drug-likeness (QED) is 0.731. The monoisotopic (exact) mass is 308 g/mol. The van der Waals surface area contributed by atoms with E-state index in [-0.39, 0.29) is 5.91 Å². The molecule has 0 fully saturated rings. The lowest BCUT2D eigenvalue weighted by Crippen LogP contribution is -2.37. The smallest absolute Gasteiger partial charge is 0.408 e. The molecule has 1 aliphatic heterocycles. The molecule has 0 unspecified atom stereocenters. The topological polar surface area (TPSA) is 55.5 Å². The maximum atomic E-state index is 12.9. The van der Waals surface area contributed by atoms with E-state index in [1.54, 1.807) is 30.0 Å². The molecule has 1 amide bonds. The molecule has 5 heteroatoms. The van der Waals surface area contributed by atoms with E-state index < -0.39 is 11.8 Å². The number of amides is 1. The Labute approximate surface area is 132 Å². The number of hydrogen-bond donors (Lipinski definition) is 0. The van der Waals surface area contributed by atoms with Gasteiger partial charge in [0.05, 0.1) is 5.52 Å². The molecule has 5 nitrogen and oxygen atoms in total. The first-order valence-corrected chi connectivity index (χ1v) is 7.66. The van der Waals surface area contributed by atoms with E-state index >= 15 is 0 Å². The molecular formula is C18H16N2O3. The Balaban J connectivity index is 1.75. The van der Waals surface area contributed by atoms with Gasteiger partial charge in [-0.1, -0.05) is 30.3 Å². The third-order valence-corrected chi connectivity index (χ3v) is 4.42. The lowest BCUT2D eigenvalue weighted by atomic mass is 10.2. The Bertz CT molecular complexity index is 954. The number of aromatic nitrogens is 1. The van der Waals surface area contributed by atoms with Crippen LogP contribution >= 0.6 is 0 Å². The minimum atomic E-state index is -0.614. The van der Waals surface area contributed by atoms with Gasteiger partial charge in [-0.05, 0) is 37.1 Å². The minimum Gasteiger partial charge on any atom is -0.408 e. The summed E-state index contributed by atoms with van der Waals surface area (Å²) in [5.74, 6) is -0.594. The number of oxazole rings is 1. The average molecular weight is 308 g/mol. The summed E-state index contributed by atoms with van der Waals surface area (Å²) in [5, 5.41) is 0. The molecule has 2 heterocycles. The predicted molar refractivity (Wildman–Crippen MR) is 87.7 cm³/mol. The zero-order chi connectivity index (χ0) is 16.0. The number of para-hydroxylation sites is 3. The highest BCUT2D eigenvalue weighted by molar-refractivity contribution is 5.98. The normalized spacial score (nSPS) is 14.9. The van der Waals surface area contributed by atoms with Crippen LogP contribution in [0.15, 0.2) is 57.7 Å². The summed E-state index contributed by atoms with van der Waals surface area (Å²) < 4.78 is 6.67. The van der Waals surface area contributed by atoms with E-state index in [4.69, 9.17) is 4.42 Å². The molecule has 1 aromatic heterocycles. The van der Waals surface area contributed by atoms with Gasteiger partial charge in [0.15, 0.2) is 5.58 Å². The fraction of sp³-hybridized carbons (Fsp3) is 0.222. The second-order valence-electron chi connectivity index (χ2n) is 5.75. The maximum absolute atomic E-state index is 12.9. The van der Waals surface area contributed by atoms with Crippen LogP contribution in [0.2, 0.25) is 0 Å². The fourth-order valence-electron chi connectivity index (χ4n) is 3.25. The van der Waals surface area contributed by atoms with E-state index in [1.807, 2.05) is 30.3 Å². The van der Waals surface area contributed by atoms with Crippen LogP contribution in [0.1, 0.15) is 18.5 Å². The molecule has 23 heavy (non-hydrogen) atoms. The van der Waals surface area contributed by atoms with Gasteiger partial charge in [0.25, 0.3) is 0 Å². The molecule has 1 atom stereocenters.